The Labute approximate surface area is 160 Å². The van der Waals surface area contributed by atoms with E-state index in [4.69, 9.17) is 4.42 Å². The minimum atomic E-state index is 0.0660. The number of amides is 1. The smallest absolute Gasteiger partial charge is 0.227 e. The molecule has 0 aromatic carbocycles. The molecule has 3 heterocycles. The second kappa shape index (κ2) is 8.30. The Morgan fingerprint density at radius 2 is 2.22 bits per heavy atom. The van der Waals surface area contributed by atoms with Gasteiger partial charge >= 0.3 is 0 Å². The number of furan rings is 1. The number of H-pyrrole nitrogens is 1. The Morgan fingerprint density at radius 1 is 1.33 bits per heavy atom. The van der Waals surface area contributed by atoms with Gasteiger partial charge in [0.2, 0.25) is 5.91 Å². The summed E-state index contributed by atoms with van der Waals surface area (Å²) >= 11 is 0. The van der Waals surface area contributed by atoms with Gasteiger partial charge in [-0.05, 0) is 62.8 Å². The Balaban J connectivity index is 1.36. The molecule has 1 saturated heterocycles. The van der Waals surface area contributed by atoms with Crippen molar-refractivity contribution >= 4 is 5.91 Å². The summed E-state index contributed by atoms with van der Waals surface area (Å²) < 4.78 is 5.46. The third kappa shape index (κ3) is 4.26. The number of nitrogens with zero attached hydrogens (tertiary/aromatic N) is 3. The van der Waals surface area contributed by atoms with Crippen LogP contribution in [-0.4, -0.2) is 46.0 Å². The lowest BCUT2D eigenvalue weighted by Gasteiger charge is -2.33. The topological polar surface area (TPSA) is 65.4 Å². The minimum absolute atomic E-state index is 0.0660. The molecule has 1 fully saturated rings. The molecule has 2 aromatic heterocycles. The van der Waals surface area contributed by atoms with Gasteiger partial charge in [0, 0.05) is 19.3 Å². The maximum absolute atomic E-state index is 13.0. The van der Waals surface area contributed by atoms with Crippen LogP contribution in [0.15, 0.2) is 22.8 Å². The molecule has 0 bridgehead atoms. The summed E-state index contributed by atoms with van der Waals surface area (Å²) in [5, 5.41) is 7.75. The molecule has 2 aromatic rings. The molecule has 1 aliphatic carbocycles. The molecule has 6 heteroatoms. The molecular formula is C21H30N4O2. The van der Waals surface area contributed by atoms with Crippen LogP contribution in [0.4, 0.5) is 0 Å². The third-order valence-corrected chi connectivity index (χ3v) is 5.97. The summed E-state index contributed by atoms with van der Waals surface area (Å²) in [6, 6.07) is 3.92. The van der Waals surface area contributed by atoms with Crippen LogP contribution in [0.2, 0.25) is 0 Å². The molecule has 1 aliphatic heterocycles. The van der Waals surface area contributed by atoms with Gasteiger partial charge < -0.3 is 9.32 Å². The first kappa shape index (κ1) is 18.3. The van der Waals surface area contributed by atoms with Crippen LogP contribution >= 0.6 is 0 Å². The highest BCUT2D eigenvalue weighted by molar-refractivity contribution is 5.79. The van der Waals surface area contributed by atoms with Gasteiger partial charge in [-0.3, -0.25) is 14.8 Å². The molecule has 1 atom stereocenters. The average molecular weight is 370 g/mol. The Kier molecular flexibility index (Phi) is 5.62. The lowest BCUT2D eigenvalue weighted by Crippen LogP contribution is -2.43. The van der Waals surface area contributed by atoms with Crippen LogP contribution in [-0.2, 0) is 30.7 Å². The number of carbonyl (C=O) groups excluding carboxylic acids is 1. The van der Waals surface area contributed by atoms with Gasteiger partial charge in [0.1, 0.15) is 5.76 Å². The Morgan fingerprint density at radius 3 is 3.07 bits per heavy atom. The van der Waals surface area contributed by atoms with Crippen molar-refractivity contribution in [1.82, 2.24) is 20.0 Å². The van der Waals surface area contributed by atoms with Gasteiger partial charge in [-0.1, -0.05) is 6.42 Å². The second-order valence-electron chi connectivity index (χ2n) is 8.04. The first-order chi connectivity index (χ1) is 13.2. The number of aryl methyl sites for hydroxylation is 1. The fourth-order valence-corrected chi connectivity index (χ4v) is 4.50. The number of likely N-dealkylation sites (tertiary alicyclic amines) is 1. The lowest BCUT2D eigenvalue weighted by atomic mass is 9.96. The molecule has 146 valence electrons. The highest BCUT2D eigenvalue weighted by Crippen LogP contribution is 2.24. The fourth-order valence-electron chi connectivity index (χ4n) is 4.50. The maximum Gasteiger partial charge on any atom is 0.227 e. The SMILES string of the molecule is CN(Cc1n[nH]c2c1CCCCC2)C(=O)[C@@H]1CCCN(Cc2ccco2)C1. The average Bonchev–Trinajstić information content (AvgIpc) is 3.25. The number of aromatic amines is 1. The van der Waals surface area contributed by atoms with Crippen LogP contribution < -0.4 is 0 Å². The first-order valence-corrected chi connectivity index (χ1v) is 10.3. The molecule has 2 aliphatic rings. The van der Waals surface area contributed by atoms with Crippen molar-refractivity contribution in [2.24, 2.45) is 5.92 Å². The summed E-state index contributed by atoms with van der Waals surface area (Å²) in [6.45, 7) is 3.23. The Hall–Kier alpha value is -2.08. The normalized spacial score (nSPS) is 20.9. The molecule has 0 spiro atoms. The minimum Gasteiger partial charge on any atom is -0.468 e. The zero-order valence-electron chi connectivity index (χ0n) is 16.2. The van der Waals surface area contributed by atoms with Gasteiger partial charge in [-0.2, -0.15) is 5.10 Å². The van der Waals surface area contributed by atoms with Gasteiger partial charge in [0.05, 0.1) is 31.0 Å². The number of nitrogens with one attached hydrogen (secondary N) is 1. The predicted octanol–water partition coefficient (Wildman–Crippen LogP) is 3.14. The molecule has 0 unspecified atom stereocenters. The zero-order chi connectivity index (χ0) is 18.6. The first-order valence-electron chi connectivity index (χ1n) is 10.3. The van der Waals surface area contributed by atoms with Gasteiger partial charge in [0.15, 0.2) is 0 Å². The monoisotopic (exact) mass is 370 g/mol. The highest BCUT2D eigenvalue weighted by atomic mass is 16.3. The molecule has 0 saturated carbocycles. The van der Waals surface area contributed by atoms with Crippen LogP contribution in [0.25, 0.3) is 0 Å². The number of aromatic nitrogens is 2. The summed E-state index contributed by atoms with van der Waals surface area (Å²) in [6.07, 6.45) is 9.65. The molecule has 1 N–H and O–H groups in total. The standard InChI is InChI=1S/C21H30N4O2/c1-24(15-20-18-9-3-2-4-10-19(18)22-23-20)21(26)16-7-5-11-25(13-16)14-17-8-6-12-27-17/h6,8,12,16H,2-5,7,9-11,13-15H2,1H3,(H,22,23)/t16-/m1/s1. The highest BCUT2D eigenvalue weighted by Gasteiger charge is 2.29. The van der Waals surface area contributed by atoms with E-state index in [1.165, 1.54) is 30.5 Å². The quantitative estimate of drug-likeness (QED) is 0.821. The third-order valence-electron chi connectivity index (χ3n) is 5.97. The van der Waals surface area contributed by atoms with E-state index < -0.39 is 0 Å². The van der Waals surface area contributed by atoms with Gasteiger partial charge in [0.25, 0.3) is 0 Å². The number of fused-ring (bicyclic) bond motifs is 1. The molecule has 4 rings (SSSR count). The number of carbonyl (C=O) groups is 1. The van der Waals surface area contributed by atoms with Crippen molar-refractivity contribution in [3.05, 3.63) is 41.1 Å². The summed E-state index contributed by atoms with van der Waals surface area (Å²) in [5.74, 6) is 1.27. The van der Waals surface area contributed by atoms with Crippen molar-refractivity contribution < 1.29 is 9.21 Å². The van der Waals surface area contributed by atoms with Crippen LogP contribution in [0.1, 0.15) is 54.8 Å². The van der Waals surface area contributed by atoms with Gasteiger partial charge in [-0.25, -0.2) is 0 Å². The van der Waals surface area contributed by atoms with Crippen LogP contribution in [0.5, 0.6) is 0 Å². The van der Waals surface area contributed by atoms with E-state index in [0.29, 0.717) is 6.54 Å². The lowest BCUT2D eigenvalue weighted by molar-refractivity contribution is -0.136. The molecule has 27 heavy (non-hydrogen) atoms. The molecule has 1 amide bonds. The van der Waals surface area contributed by atoms with Crippen molar-refractivity contribution in [2.45, 2.75) is 58.0 Å². The van der Waals surface area contributed by atoms with E-state index in [1.807, 2.05) is 24.1 Å². The Bertz CT molecular complexity index is 752. The molecule has 6 nitrogen and oxygen atoms in total. The largest absolute Gasteiger partial charge is 0.468 e. The number of rotatable bonds is 5. The second-order valence-corrected chi connectivity index (χ2v) is 8.04. The van der Waals surface area contributed by atoms with Crippen LogP contribution in [0.3, 0.4) is 0 Å². The van der Waals surface area contributed by atoms with E-state index in [0.717, 1.165) is 56.8 Å². The molecule has 0 radical (unpaired) electrons. The summed E-state index contributed by atoms with van der Waals surface area (Å²) in [7, 11) is 1.92. The van der Waals surface area contributed by atoms with E-state index in [-0.39, 0.29) is 11.8 Å². The van der Waals surface area contributed by atoms with E-state index in [1.54, 1.807) is 6.26 Å². The predicted molar refractivity (Wildman–Crippen MR) is 103 cm³/mol. The van der Waals surface area contributed by atoms with Crippen molar-refractivity contribution in [2.75, 3.05) is 20.1 Å². The molecular weight excluding hydrogens is 340 g/mol. The summed E-state index contributed by atoms with van der Waals surface area (Å²) in [5.41, 5.74) is 3.70. The van der Waals surface area contributed by atoms with E-state index in [2.05, 4.69) is 15.1 Å². The fraction of sp³-hybridized carbons (Fsp3) is 0.619. The van der Waals surface area contributed by atoms with Crippen molar-refractivity contribution in [1.29, 1.82) is 0 Å². The number of piperidine rings is 1. The van der Waals surface area contributed by atoms with Crippen LogP contribution in [0, 0.1) is 5.92 Å². The zero-order valence-corrected chi connectivity index (χ0v) is 16.2. The summed E-state index contributed by atoms with van der Waals surface area (Å²) in [4.78, 5) is 17.3. The van der Waals surface area contributed by atoms with Gasteiger partial charge in [-0.15, -0.1) is 0 Å². The van der Waals surface area contributed by atoms with Crippen molar-refractivity contribution in [3.63, 3.8) is 0 Å². The maximum atomic E-state index is 13.0. The number of hydrogen-bond donors (Lipinski definition) is 1. The van der Waals surface area contributed by atoms with E-state index >= 15 is 0 Å². The van der Waals surface area contributed by atoms with Crippen molar-refractivity contribution in [3.8, 4) is 0 Å². The van der Waals surface area contributed by atoms with E-state index in [9.17, 15) is 4.79 Å². The number of hydrogen-bond acceptors (Lipinski definition) is 4.